The Morgan fingerprint density at radius 3 is 2.31 bits per heavy atom. The molecule has 1 aromatic carbocycles. The van der Waals surface area contributed by atoms with Crippen molar-refractivity contribution in [2.45, 2.75) is 97.2 Å². The van der Waals surface area contributed by atoms with Gasteiger partial charge in [-0.25, -0.2) is 4.79 Å². The van der Waals surface area contributed by atoms with Crippen molar-refractivity contribution in [3.05, 3.63) is 34.3 Å². The molecule has 1 aliphatic rings. The van der Waals surface area contributed by atoms with Crippen LogP contribution >= 0.6 is 11.6 Å². The minimum atomic E-state index is -1.84. The first-order valence-electron chi connectivity index (χ1n) is 10.6. The van der Waals surface area contributed by atoms with E-state index in [1.54, 1.807) is 0 Å². The fraction of sp³-hybridized carbons (Fsp3) is 0.696. The van der Waals surface area contributed by atoms with E-state index in [9.17, 15) is 4.79 Å². The number of nitrogens with zero attached hydrogens (tertiary/aromatic N) is 1. The first-order valence-corrected chi connectivity index (χ1v) is 13.9. The quantitative estimate of drug-likeness (QED) is 0.438. The normalized spacial score (nSPS) is 15.3. The van der Waals surface area contributed by atoms with Gasteiger partial charge in [-0.05, 0) is 75.4 Å². The van der Waals surface area contributed by atoms with E-state index < -0.39 is 13.9 Å². The monoisotopic (exact) mass is 439 g/mol. The summed E-state index contributed by atoms with van der Waals surface area (Å²) in [5.41, 5.74) is 1.71. The number of hydrogen-bond donors (Lipinski definition) is 0. The number of rotatable bonds is 7. The van der Waals surface area contributed by atoms with Crippen molar-refractivity contribution in [1.82, 2.24) is 4.90 Å². The summed E-state index contributed by atoms with van der Waals surface area (Å²) in [6.45, 7) is 18.1. The Morgan fingerprint density at radius 2 is 1.79 bits per heavy atom. The van der Waals surface area contributed by atoms with Crippen LogP contribution in [0, 0.1) is 0 Å². The summed E-state index contributed by atoms with van der Waals surface area (Å²) in [6, 6.07) is 6.42. The Bertz CT molecular complexity index is 718. The summed E-state index contributed by atoms with van der Waals surface area (Å²) in [5.74, 6) is 0. The van der Waals surface area contributed by atoms with Gasteiger partial charge in [0.15, 0.2) is 8.32 Å². The number of carbonyl (C=O) groups is 1. The predicted molar refractivity (Wildman–Crippen MR) is 123 cm³/mol. The highest BCUT2D eigenvalue weighted by Gasteiger charge is 2.37. The molecular formula is C23H38ClNO3Si. The largest absolute Gasteiger partial charge is 0.444 e. The number of carbonyl (C=O) groups excluding carboxylic acids is 1. The van der Waals surface area contributed by atoms with E-state index in [4.69, 9.17) is 20.8 Å². The van der Waals surface area contributed by atoms with Crippen molar-refractivity contribution < 1.29 is 14.0 Å². The molecule has 0 bridgehead atoms. The summed E-state index contributed by atoms with van der Waals surface area (Å²) >= 11 is 6.44. The van der Waals surface area contributed by atoms with Crippen LogP contribution in [-0.4, -0.2) is 37.5 Å². The molecule has 1 amide bonds. The molecule has 0 saturated heterocycles. The van der Waals surface area contributed by atoms with E-state index >= 15 is 0 Å². The lowest BCUT2D eigenvalue weighted by molar-refractivity contribution is 0.0236. The molecule has 4 nitrogen and oxygen atoms in total. The molecule has 0 N–H and O–H groups in total. The first-order chi connectivity index (χ1) is 13.2. The van der Waals surface area contributed by atoms with Crippen molar-refractivity contribution in [2.24, 2.45) is 0 Å². The van der Waals surface area contributed by atoms with Gasteiger partial charge in [0.1, 0.15) is 5.60 Å². The predicted octanol–water partition coefficient (Wildman–Crippen LogP) is 6.80. The fourth-order valence-corrected chi connectivity index (χ4v) is 3.87. The lowest BCUT2D eigenvalue weighted by atomic mass is 10.1. The van der Waals surface area contributed by atoms with E-state index in [-0.39, 0.29) is 11.1 Å². The third kappa shape index (κ3) is 7.30. The molecule has 1 saturated carbocycles. The number of ether oxygens (including phenoxy) is 1. The van der Waals surface area contributed by atoms with Gasteiger partial charge in [0.25, 0.3) is 0 Å². The Morgan fingerprint density at radius 1 is 1.17 bits per heavy atom. The van der Waals surface area contributed by atoms with Crippen LogP contribution in [0.25, 0.3) is 0 Å². The second-order valence-corrected chi connectivity index (χ2v) is 15.8. The van der Waals surface area contributed by atoms with Gasteiger partial charge in [-0.3, -0.25) is 0 Å². The summed E-state index contributed by atoms with van der Waals surface area (Å²) < 4.78 is 11.9. The van der Waals surface area contributed by atoms with Gasteiger partial charge in [-0.2, -0.15) is 0 Å². The van der Waals surface area contributed by atoms with Crippen LogP contribution in [0.5, 0.6) is 0 Å². The zero-order chi connectivity index (χ0) is 22.0. The van der Waals surface area contributed by atoms with Gasteiger partial charge in [-0.15, -0.1) is 0 Å². The van der Waals surface area contributed by atoms with Crippen LogP contribution in [0.1, 0.15) is 65.5 Å². The molecule has 1 aromatic rings. The molecule has 6 heteroatoms. The standard InChI is InChI=1S/C23H38ClNO3Si/c1-22(2,3)28-21(26)25(19-10-11-19)14-13-17-9-12-20(24)18(15-17)16-27-29(7,8)23(4,5)6/h9,12,15,19H,10-11,13-14,16H2,1-8H3. The summed E-state index contributed by atoms with van der Waals surface area (Å²) in [7, 11) is -1.84. The Hall–Kier alpha value is -1.04. The topological polar surface area (TPSA) is 38.8 Å². The maximum atomic E-state index is 12.6. The Labute approximate surface area is 183 Å². The van der Waals surface area contributed by atoms with Gasteiger partial charge in [0, 0.05) is 17.6 Å². The van der Waals surface area contributed by atoms with E-state index in [0.29, 0.717) is 19.2 Å². The third-order valence-corrected chi connectivity index (χ3v) is 10.6. The van der Waals surface area contributed by atoms with Crippen molar-refractivity contribution in [3.63, 3.8) is 0 Å². The summed E-state index contributed by atoms with van der Waals surface area (Å²) in [5, 5.41) is 0.897. The van der Waals surface area contributed by atoms with Crippen LogP contribution in [-0.2, 0) is 22.2 Å². The van der Waals surface area contributed by atoms with Crippen LogP contribution in [0.2, 0.25) is 23.2 Å². The molecular weight excluding hydrogens is 402 g/mol. The molecule has 2 rings (SSSR count). The van der Waals surface area contributed by atoms with E-state index in [2.05, 4.69) is 39.9 Å². The van der Waals surface area contributed by atoms with Gasteiger partial charge in [0.2, 0.25) is 0 Å². The van der Waals surface area contributed by atoms with Gasteiger partial charge in [0.05, 0.1) is 6.61 Å². The molecule has 1 fully saturated rings. The van der Waals surface area contributed by atoms with E-state index in [0.717, 1.165) is 35.4 Å². The zero-order valence-corrected chi connectivity index (χ0v) is 21.2. The second kappa shape index (κ2) is 8.99. The molecule has 0 atom stereocenters. The van der Waals surface area contributed by atoms with Gasteiger partial charge < -0.3 is 14.1 Å². The molecule has 0 radical (unpaired) electrons. The molecule has 164 valence electrons. The third-order valence-electron chi connectivity index (χ3n) is 5.76. The maximum absolute atomic E-state index is 12.6. The van der Waals surface area contributed by atoms with Crippen molar-refractivity contribution in [2.75, 3.05) is 6.54 Å². The highest BCUT2D eigenvalue weighted by molar-refractivity contribution is 6.74. The first kappa shape index (κ1) is 24.2. The Balaban J connectivity index is 2.02. The molecule has 0 aliphatic heterocycles. The second-order valence-electron chi connectivity index (χ2n) is 10.6. The smallest absolute Gasteiger partial charge is 0.410 e. The summed E-state index contributed by atoms with van der Waals surface area (Å²) in [4.78, 5) is 14.4. The zero-order valence-electron chi connectivity index (χ0n) is 19.4. The minimum Gasteiger partial charge on any atom is -0.444 e. The molecule has 29 heavy (non-hydrogen) atoms. The molecule has 0 aromatic heterocycles. The molecule has 1 aliphatic carbocycles. The lowest BCUT2D eigenvalue weighted by Crippen LogP contribution is -2.40. The van der Waals surface area contributed by atoms with Crippen LogP contribution in [0.3, 0.4) is 0 Å². The highest BCUT2D eigenvalue weighted by atomic mass is 35.5. The molecule has 0 spiro atoms. The number of benzene rings is 1. The maximum Gasteiger partial charge on any atom is 0.410 e. The van der Waals surface area contributed by atoms with Gasteiger partial charge in [-0.1, -0.05) is 44.5 Å². The van der Waals surface area contributed by atoms with Crippen LogP contribution in [0.15, 0.2) is 18.2 Å². The average Bonchev–Trinajstić information content (AvgIpc) is 3.37. The van der Waals surface area contributed by atoms with Crippen LogP contribution < -0.4 is 0 Å². The van der Waals surface area contributed by atoms with Crippen molar-refractivity contribution >= 4 is 26.0 Å². The highest BCUT2D eigenvalue weighted by Crippen LogP contribution is 2.37. The Kier molecular flexibility index (Phi) is 7.51. The average molecular weight is 440 g/mol. The molecule has 0 unspecified atom stereocenters. The number of hydrogen-bond acceptors (Lipinski definition) is 3. The van der Waals surface area contributed by atoms with Crippen LogP contribution in [0.4, 0.5) is 4.79 Å². The fourth-order valence-electron chi connectivity index (χ4n) is 2.75. The van der Waals surface area contributed by atoms with Gasteiger partial charge >= 0.3 is 6.09 Å². The SMILES string of the molecule is CC(C)(C)OC(=O)N(CCc1ccc(Cl)c(CO[Si](C)(C)C(C)(C)C)c1)C1CC1. The number of amides is 1. The van der Waals surface area contributed by atoms with E-state index in [1.165, 1.54) is 0 Å². The van der Waals surface area contributed by atoms with Crippen molar-refractivity contribution in [3.8, 4) is 0 Å². The number of halogens is 1. The lowest BCUT2D eigenvalue weighted by Gasteiger charge is -2.36. The van der Waals surface area contributed by atoms with E-state index in [1.807, 2.05) is 37.8 Å². The van der Waals surface area contributed by atoms with Crippen molar-refractivity contribution in [1.29, 1.82) is 0 Å². The molecule has 0 heterocycles. The minimum absolute atomic E-state index is 0.162. The summed E-state index contributed by atoms with van der Waals surface area (Å²) in [6.07, 6.45) is 2.69.